The van der Waals surface area contributed by atoms with Crippen molar-refractivity contribution in [3.63, 3.8) is 0 Å². The van der Waals surface area contributed by atoms with E-state index in [0.717, 1.165) is 51.4 Å². The Morgan fingerprint density at radius 1 is 0.806 bits per heavy atom. The molecule has 2 atom stereocenters. The van der Waals surface area contributed by atoms with Gasteiger partial charge in [-0.05, 0) is 43.9 Å². The molecular weight excluding hydrogens is 471 g/mol. The van der Waals surface area contributed by atoms with Crippen LogP contribution in [0.3, 0.4) is 0 Å². The fourth-order valence-electron chi connectivity index (χ4n) is 4.10. The van der Waals surface area contributed by atoms with Crippen LogP contribution in [0.25, 0.3) is 0 Å². The zero-order chi connectivity index (χ0) is 27.1. The van der Waals surface area contributed by atoms with E-state index in [0.29, 0.717) is 11.8 Å². The molecule has 0 spiro atoms. The number of nitrogens with zero attached hydrogens (tertiary/aromatic N) is 1. The third kappa shape index (κ3) is 18.5. The summed E-state index contributed by atoms with van der Waals surface area (Å²) in [6.07, 6.45) is 21.7. The molecule has 0 amide bonds. The second kappa shape index (κ2) is 23.4. The molecule has 6 nitrogen and oxygen atoms in total. The van der Waals surface area contributed by atoms with Crippen molar-refractivity contribution >= 4 is 7.82 Å². The van der Waals surface area contributed by atoms with E-state index < -0.39 is 7.82 Å². The Hall–Kier alpha value is -0.680. The monoisotopic (exact) mass is 530 g/mol. The minimum absolute atomic E-state index is 0.253. The van der Waals surface area contributed by atoms with E-state index >= 15 is 0 Å². The minimum Gasteiger partial charge on any atom is -0.756 e. The molecule has 1 heterocycles. The summed E-state index contributed by atoms with van der Waals surface area (Å²) in [5.41, 5.74) is 0. The molecule has 2 unspecified atom stereocenters. The lowest BCUT2D eigenvalue weighted by Crippen LogP contribution is -2.36. The van der Waals surface area contributed by atoms with Crippen molar-refractivity contribution in [2.75, 3.05) is 13.2 Å². The number of aromatic amines is 1. The Morgan fingerprint density at radius 3 is 1.81 bits per heavy atom. The summed E-state index contributed by atoms with van der Waals surface area (Å²) >= 11 is 0. The number of phosphoric ester groups is 1. The number of phosphoric acid groups is 1. The Bertz CT molecular complexity index is 629. The number of nitrogens with one attached hydrogen (secondary N) is 1. The van der Waals surface area contributed by atoms with Gasteiger partial charge in [-0.3, -0.25) is 4.57 Å². The van der Waals surface area contributed by atoms with E-state index in [2.05, 4.69) is 63.5 Å². The van der Waals surface area contributed by atoms with Crippen LogP contribution in [0.1, 0.15) is 137 Å². The molecule has 0 bridgehead atoms. The van der Waals surface area contributed by atoms with Gasteiger partial charge in [-0.1, -0.05) is 99.3 Å². The van der Waals surface area contributed by atoms with Crippen LogP contribution < -0.4 is 9.46 Å². The summed E-state index contributed by atoms with van der Waals surface area (Å²) < 4.78 is 24.3. The van der Waals surface area contributed by atoms with Crippen LogP contribution in [0.5, 0.6) is 0 Å². The van der Waals surface area contributed by atoms with Gasteiger partial charge in [0.2, 0.25) is 0 Å². The zero-order valence-corrected chi connectivity index (χ0v) is 25.5. The molecule has 0 fully saturated rings. The lowest BCUT2D eigenvalue weighted by molar-refractivity contribution is -0.703. The Labute approximate surface area is 223 Å². The van der Waals surface area contributed by atoms with E-state index in [1.807, 2.05) is 0 Å². The fourth-order valence-corrected chi connectivity index (χ4v) is 4.96. The first-order valence-electron chi connectivity index (χ1n) is 15.0. The number of aryl methyl sites for hydroxylation is 2. The van der Waals surface area contributed by atoms with E-state index in [9.17, 15) is 9.46 Å². The van der Waals surface area contributed by atoms with E-state index in [1.54, 1.807) is 0 Å². The highest BCUT2D eigenvalue weighted by Crippen LogP contribution is 2.40. The molecule has 36 heavy (non-hydrogen) atoms. The number of rotatable bonds is 22. The van der Waals surface area contributed by atoms with Crippen molar-refractivity contribution in [3.05, 3.63) is 18.2 Å². The summed E-state index contributed by atoms with van der Waals surface area (Å²) in [4.78, 5) is 15.1. The first-order chi connectivity index (χ1) is 17.4. The number of aromatic nitrogens is 2. The van der Waals surface area contributed by atoms with Gasteiger partial charge in [0.1, 0.15) is 12.4 Å². The fraction of sp³-hybridized carbons (Fsp3) is 0.897. The van der Waals surface area contributed by atoms with E-state index in [1.165, 1.54) is 57.3 Å². The maximum Gasteiger partial charge on any atom is 0.267 e. The highest BCUT2D eigenvalue weighted by atomic mass is 31.2. The van der Waals surface area contributed by atoms with Crippen LogP contribution in [-0.2, 0) is 26.6 Å². The zero-order valence-electron chi connectivity index (χ0n) is 24.6. The lowest BCUT2D eigenvalue weighted by atomic mass is 10.0. The summed E-state index contributed by atoms with van der Waals surface area (Å²) in [6, 6.07) is 0. The molecule has 1 N–H and O–H groups in total. The summed E-state index contributed by atoms with van der Waals surface area (Å²) in [7, 11) is -4.14. The van der Waals surface area contributed by atoms with Gasteiger partial charge in [-0.2, -0.15) is 0 Å². The molecule has 1 aromatic heterocycles. The third-order valence-corrected chi connectivity index (χ3v) is 7.82. The maximum atomic E-state index is 11.8. The molecule has 0 saturated carbocycles. The van der Waals surface area contributed by atoms with E-state index in [4.69, 9.17) is 9.05 Å². The number of hydrogen-bond acceptors (Lipinski definition) is 4. The lowest BCUT2D eigenvalue weighted by Gasteiger charge is -2.27. The van der Waals surface area contributed by atoms with Crippen LogP contribution in [0.15, 0.2) is 12.4 Å². The molecule has 0 aliphatic heterocycles. The molecule has 1 aromatic rings. The topological polar surface area (TPSA) is 78.3 Å². The molecule has 214 valence electrons. The van der Waals surface area contributed by atoms with Gasteiger partial charge < -0.3 is 13.9 Å². The second-order valence-electron chi connectivity index (χ2n) is 10.1. The summed E-state index contributed by atoms with van der Waals surface area (Å²) in [6.45, 7) is 14.6. The second-order valence-corrected chi connectivity index (χ2v) is 11.5. The summed E-state index contributed by atoms with van der Waals surface area (Å²) in [5, 5.41) is 0. The van der Waals surface area contributed by atoms with Crippen molar-refractivity contribution in [3.8, 4) is 0 Å². The highest BCUT2D eigenvalue weighted by Gasteiger charge is 2.16. The molecule has 0 aliphatic carbocycles. The predicted octanol–water partition coefficient (Wildman–Crippen LogP) is 8.15. The average Bonchev–Trinajstić information content (AvgIpc) is 3.33. The van der Waals surface area contributed by atoms with Crippen molar-refractivity contribution in [2.45, 2.75) is 144 Å². The van der Waals surface area contributed by atoms with Gasteiger partial charge in [0.05, 0.1) is 19.8 Å². The predicted molar refractivity (Wildman–Crippen MR) is 150 cm³/mol. The SMILES string of the molecule is CCCCC(CC)COP(=O)([O-])OCC(CC)CCCC.CCCCCC[n+]1cc[nH]c1CCCC. The number of hydrogen-bond donors (Lipinski definition) is 1. The van der Waals surface area contributed by atoms with Gasteiger partial charge in [0, 0.05) is 6.42 Å². The first-order valence-corrected chi connectivity index (χ1v) is 16.5. The van der Waals surface area contributed by atoms with Gasteiger partial charge in [-0.25, -0.2) is 9.55 Å². The van der Waals surface area contributed by atoms with Crippen molar-refractivity contribution in [1.29, 1.82) is 0 Å². The van der Waals surface area contributed by atoms with Crippen LogP contribution in [0.4, 0.5) is 0 Å². The van der Waals surface area contributed by atoms with Gasteiger partial charge in [-0.15, -0.1) is 0 Å². The molecule has 7 heteroatoms. The number of imidazole rings is 1. The van der Waals surface area contributed by atoms with Crippen molar-refractivity contribution in [1.82, 2.24) is 4.98 Å². The molecule has 1 rings (SSSR count). The minimum atomic E-state index is -4.14. The average molecular weight is 531 g/mol. The smallest absolute Gasteiger partial charge is 0.267 e. The maximum absolute atomic E-state index is 11.8. The molecule has 0 aromatic carbocycles. The van der Waals surface area contributed by atoms with Crippen LogP contribution in [-0.4, -0.2) is 18.2 Å². The number of H-pyrrole nitrogens is 1. The summed E-state index contributed by atoms with van der Waals surface area (Å²) in [5.74, 6) is 2.00. The van der Waals surface area contributed by atoms with Crippen molar-refractivity contribution in [2.24, 2.45) is 11.8 Å². The van der Waals surface area contributed by atoms with Crippen LogP contribution in [0.2, 0.25) is 0 Å². The Kier molecular flexibility index (Phi) is 23.0. The standard InChI is InChI=1S/C16H35O4P.C13H24N2/c1-5-9-11-15(7-3)13-19-21(17,18)20-14-16(8-4)12-10-6-2;1-3-5-7-8-11-15-12-10-14-13(15)9-6-4-2/h15-16H,5-14H2,1-4H3,(H,17,18);10,12H,3-9,11H2,1-2H3. The largest absolute Gasteiger partial charge is 0.756 e. The number of unbranched alkanes of at least 4 members (excludes halogenated alkanes) is 6. The third-order valence-electron chi connectivity index (χ3n) is 6.89. The Balaban J connectivity index is 0.000000717. The molecule has 0 aliphatic rings. The quantitative estimate of drug-likeness (QED) is 0.0932. The highest BCUT2D eigenvalue weighted by molar-refractivity contribution is 7.45. The van der Waals surface area contributed by atoms with E-state index in [-0.39, 0.29) is 13.2 Å². The molecule has 0 radical (unpaired) electrons. The Morgan fingerprint density at radius 2 is 1.33 bits per heavy atom. The van der Waals surface area contributed by atoms with Crippen LogP contribution in [0, 0.1) is 11.8 Å². The van der Waals surface area contributed by atoms with Crippen molar-refractivity contribution < 1.29 is 23.1 Å². The van der Waals surface area contributed by atoms with Gasteiger partial charge in [0.25, 0.3) is 13.6 Å². The normalized spacial score (nSPS) is 14.6. The molecular formula is C29H59N2O4P. The van der Waals surface area contributed by atoms with Gasteiger partial charge in [0.15, 0.2) is 0 Å². The molecule has 0 saturated heterocycles. The van der Waals surface area contributed by atoms with Gasteiger partial charge >= 0.3 is 0 Å². The first kappa shape index (κ1) is 35.3. The van der Waals surface area contributed by atoms with Crippen LogP contribution >= 0.6 is 7.82 Å².